The number of hydrazone groups is 1. The number of hydrazine groups is 1. The van der Waals surface area contributed by atoms with Crippen LogP contribution in [0.3, 0.4) is 0 Å². The van der Waals surface area contributed by atoms with Crippen molar-refractivity contribution >= 4 is 12.4 Å². The van der Waals surface area contributed by atoms with Crippen molar-refractivity contribution < 1.29 is 4.68 Å². The monoisotopic (exact) mass is 98.1 g/mol. The van der Waals surface area contributed by atoms with Crippen molar-refractivity contribution in [3.63, 3.8) is 0 Å². The van der Waals surface area contributed by atoms with E-state index in [0.717, 1.165) is 13.1 Å². The summed E-state index contributed by atoms with van der Waals surface area (Å²) in [5.74, 6) is 5.32. The van der Waals surface area contributed by atoms with E-state index in [2.05, 4.69) is 4.99 Å². The van der Waals surface area contributed by atoms with Crippen molar-refractivity contribution in [1.29, 1.82) is 0 Å². The Bertz CT molecular complexity index is 114. The molecule has 0 aromatic carbocycles. The predicted octanol–water partition coefficient (Wildman–Crippen LogP) is -0.972. The first-order valence-electron chi connectivity index (χ1n) is 2.24. The lowest BCUT2D eigenvalue weighted by Gasteiger charge is -1.93. The Balaban J connectivity index is 2.57. The number of rotatable bonds is 0. The third-order valence-corrected chi connectivity index (χ3v) is 0.851. The Labute approximate surface area is 42.1 Å². The van der Waals surface area contributed by atoms with Gasteiger partial charge in [-0.2, -0.15) is 0 Å². The number of aliphatic imine (C=N–C) groups is 1. The van der Waals surface area contributed by atoms with E-state index in [9.17, 15) is 0 Å². The van der Waals surface area contributed by atoms with Gasteiger partial charge in [0.05, 0.1) is 6.21 Å². The van der Waals surface area contributed by atoms with Crippen LogP contribution < -0.4 is 5.84 Å². The Kier molecular flexibility index (Phi) is 1.06. The topological polar surface area (TPSA) is 41.4 Å². The molecule has 0 unspecified atom stereocenters. The molecular weight excluding hydrogens is 90.1 g/mol. The molecule has 1 aliphatic heterocycles. The Morgan fingerprint density at radius 2 is 2.57 bits per heavy atom. The molecule has 0 saturated carbocycles. The maximum Gasteiger partial charge on any atom is 0.210 e. The average molecular weight is 98.1 g/mol. The van der Waals surface area contributed by atoms with Gasteiger partial charge in [-0.15, -0.1) is 4.68 Å². The summed E-state index contributed by atoms with van der Waals surface area (Å²) >= 11 is 0. The van der Waals surface area contributed by atoms with E-state index < -0.39 is 0 Å². The van der Waals surface area contributed by atoms with Gasteiger partial charge >= 0.3 is 0 Å². The molecule has 1 aliphatic rings. The molecule has 0 aromatic rings. The molecule has 0 atom stereocenters. The van der Waals surface area contributed by atoms with E-state index in [-0.39, 0.29) is 0 Å². The van der Waals surface area contributed by atoms with Crippen LogP contribution in [0.4, 0.5) is 0 Å². The summed E-state index contributed by atoms with van der Waals surface area (Å²) in [6.45, 7) is 1.67. The highest BCUT2D eigenvalue weighted by molar-refractivity contribution is 6.13. The van der Waals surface area contributed by atoms with Crippen molar-refractivity contribution in [3.8, 4) is 0 Å². The predicted molar refractivity (Wildman–Crippen MR) is 28.7 cm³/mol. The molecule has 0 spiro atoms. The van der Waals surface area contributed by atoms with Crippen LogP contribution in [0.5, 0.6) is 0 Å². The second kappa shape index (κ2) is 1.73. The van der Waals surface area contributed by atoms with Crippen LogP contribution in [0.15, 0.2) is 4.99 Å². The van der Waals surface area contributed by atoms with Crippen molar-refractivity contribution in [3.05, 3.63) is 0 Å². The van der Waals surface area contributed by atoms with Gasteiger partial charge in [-0.25, -0.2) is 5.84 Å². The molecule has 0 bridgehead atoms. The Hall–Kier alpha value is -0.860. The summed E-state index contributed by atoms with van der Waals surface area (Å²) in [5, 5.41) is 0. The van der Waals surface area contributed by atoms with E-state index in [1.54, 1.807) is 17.1 Å². The minimum atomic E-state index is 0.826. The molecule has 0 aliphatic carbocycles. The molecule has 7 heavy (non-hydrogen) atoms. The first kappa shape index (κ1) is 4.30. The molecule has 3 nitrogen and oxygen atoms in total. The fourth-order valence-corrected chi connectivity index (χ4v) is 0.455. The summed E-state index contributed by atoms with van der Waals surface area (Å²) in [6, 6.07) is 0. The van der Waals surface area contributed by atoms with Crippen LogP contribution in [0.25, 0.3) is 0 Å². The lowest BCUT2D eigenvalue weighted by Crippen LogP contribution is -2.26. The van der Waals surface area contributed by atoms with Crippen LogP contribution in [0.1, 0.15) is 0 Å². The number of hydrogen-bond donors (Lipinski definition) is 1. The largest absolute Gasteiger partial charge is 0.280 e. The van der Waals surface area contributed by atoms with Crippen LogP contribution >= 0.6 is 0 Å². The third kappa shape index (κ3) is 0.994. The fourth-order valence-electron chi connectivity index (χ4n) is 0.455. The van der Waals surface area contributed by atoms with Gasteiger partial charge in [0, 0.05) is 0 Å². The molecule has 0 saturated heterocycles. The van der Waals surface area contributed by atoms with Crippen LogP contribution in [0, 0.1) is 0 Å². The first-order chi connectivity index (χ1) is 3.39. The van der Waals surface area contributed by atoms with Gasteiger partial charge in [0.25, 0.3) is 0 Å². The SMILES string of the molecule is N[N+]1=CC=NCC1. The quantitative estimate of drug-likeness (QED) is 0.307. The lowest BCUT2D eigenvalue weighted by atomic mass is 10.6. The lowest BCUT2D eigenvalue weighted by molar-refractivity contribution is -0.531. The number of nitrogens with two attached hydrogens (primary N) is 1. The molecule has 38 valence electrons. The van der Waals surface area contributed by atoms with E-state index in [0.29, 0.717) is 0 Å². The highest BCUT2D eigenvalue weighted by Gasteiger charge is 1.96. The molecule has 0 amide bonds. The fraction of sp³-hybridized carbons (Fsp3) is 0.500. The molecule has 0 aromatic heterocycles. The molecular formula is C4H8N3+. The molecule has 1 heterocycles. The second-order valence-corrected chi connectivity index (χ2v) is 1.44. The Morgan fingerprint density at radius 3 is 2.86 bits per heavy atom. The maximum absolute atomic E-state index is 5.32. The first-order valence-corrected chi connectivity index (χ1v) is 2.24. The summed E-state index contributed by atoms with van der Waals surface area (Å²) in [6.07, 6.45) is 3.47. The van der Waals surface area contributed by atoms with Crippen molar-refractivity contribution in [2.75, 3.05) is 13.1 Å². The van der Waals surface area contributed by atoms with Gasteiger partial charge in [-0.1, -0.05) is 0 Å². The molecule has 2 N–H and O–H groups in total. The van der Waals surface area contributed by atoms with Gasteiger partial charge in [-0.3, -0.25) is 4.99 Å². The number of hydrogen-bond acceptors (Lipinski definition) is 2. The number of nitrogens with zero attached hydrogens (tertiary/aromatic N) is 2. The standard InChI is InChI=1S/C4H8N3/c5-7-3-1-6-2-4-7/h1,3H,2,4-5H2/q+1. The third-order valence-electron chi connectivity index (χ3n) is 0.851. The zero-order chi connectivity index (χ0) is 5.11. The van der Waals surface area contributed by atoms with Crippen LogP contribution in [-0.2, 0) is 0 Å². The normalized spacial score (nSPS) is 19.1. The van der Waals surface area contributed by atoms with Gasteiger partial charge in [0.15, 0.2) is 6.54 Å². The van der Waals surface area contributed by atoms with Crippen molar-refractivity contribution in [2.24, 2.45) is 10.8 Å². The molecule has 0 fully saturated rings. The second-order valence-electron chi connectivity index (χ2n) is 1.44. The van der Waals surface area contributed by atoms with E-state index >= 15 is 0 Å². The van der Waals surface area contributed by atoms with E-state index in [4.69, 9.17) is 5.84 Å². The van der Waals surface area contributed by atoms with Gasteiger partial charge in [0.2, 0.25) is 6.21 Å². The van der Waals surface area contributed by atoms with Gasteiger partial charge in [-0.05, 0) is 0 Å². The smallest absolute Gasteiger partial charge is 0.210 e. The summed E-state index contributed by atoms with van der Waals surface area (Å²) < 4.78 is 1.62. The minimum absolute atomic E-state index is 0.826. The van der Waals surface area contributed by atoms with Crippen LogP contribution in [-0.4, -0.2) is 30.2 Å². The highest BCUT2D eigenvalue weighted by Crippen LogP contribution is 1.71. The van der Waals surface area contributed by atoms with Gasteiger partial charge < -0.3 is 0 Å². The maximum atomic E-state index is 5.32. The molecule has 0 radical (unpaired) electrons. The summed E-state index contributed by atoms with van der Waals surface area (Å²) in [7, 11) is 0. The summed E-state index contributed by atoms with van der Waals surface area (Å²) in [5.41, 5.74) is 0. The highest BCUT2D eigenvalue weighted by atomic mass is 15.3. The van der Waals surface area contributed by atoms with Gasteiger partial charge in [0.1, 0.15) is 6.54 Å². The zero-order valence-corrected chi connectivity index (χ0v) is 4.04. The Morgan fingerprint density at radius 1 is 1.71 bits per heavy atom. The summed E-state index contributed by atoms with van der Waals surface area (Å²) in [4.78, 5) is 3.93. The van der Waals surface area contributed by atoms with E-state index in [1.165, 1.54) is 0 Å². The van der Waals surface area contributed by atoms with Crippen LogP contribution in [0.2, 0.25) is 0 Å². The average Bonchev–Trinajstić information content (AvgIpc) is 1.69. The molecule has 3 heteroatoms. The molecule has 1 rings (SSSR count). The minimum Gasteiger partial charge on any atom is -0.280 e. The van der Waals surface area contributed by atoms with Crippen molar-refractivity contribution in [1.82, 2.24) is 0 Å². The van der Waals surface area contributed by atoms with Crippen molar-refractivity contribution in [2.45, 2.75) is 0 Å². The zero-order valence-electron chi connectivity index (χ0n) is 4.04. The van der Waals surface area contributed by atoms with E-state index in [1.807, 2.05) is 0 Å².